The van der Waals surface area contributed by atoms with Gasteiger partial charge in [-0.25, -0.2) is 15.0 Å². The van der Waals surface area contributed by atoms with Crippen LogP contribution in [-0.2, 0) is 4.74 Å². The molecule has 4 rings (SSSR count). The number of imidazole rings is 1. The SMILES string of the molecule is CCCCC#Cc1nc2c(N)nc(-c3cccs3)nc2n1[C@@H]1OC[C@@H](O)[C@H]1O. The van der Waals surface area contributed by atoms with E-state index in [4.69, 9.17) is 10.5 Å². The van der Waals surface area contributed by atoms with Crippen molar-refractivity contribution in [1.29, 1.82) is 0 Å². The number of rotatable bonds is 4. The number of aliphatic hydroxyl groups excluding tert-OH is 2. The molecular formula is C19H21N5O3S. The summed E-state index contributed by atoms with van der Waals surface area (Å²) in [6, 6.07) is 3.81. The Morgan fingerprint density at radius 1 is 1.36 bits per heavy atom. The lowest BCUT2D eigenvalue weighted by atomic mass is 10.2. The molecule has 4 heterocycles. The van der Waals surface area contributed by atoms with E-state index in [0.29, 0.717) is 22.8 Å². The average Bonchev–Trinajstić information content (AvgIpc) is 3.40. The second-order valence-electron chi connectivity index (χ2n) is 6.57. The van der Waals surface area contributed by atoms with E-state index < -0.39 is 18.4 Å². The molecule has 8 nitrogen and oxygen atoms in total. The molecule has 146 valence electrons. The molecule has 28 heavy (non-hydrogen) atoms. The van der Waals surface area contributed by atoms with E-state index in [9.17, 15) is 10.2 Å². The molecule has 1 saturated heterocycles. The summed E-state index contributed by atoms with van der Waals surface area (Å²) in [6.07, 6.45) is -0.184. The third-order valence-electron chi connectivity index (χ3n) is 4.54. The number of ether oxygens (including phenoxy) is 1. The molecule has 1 aliphatic heterocycles. The molecule has 4 N–H and O–H groups in total. The zero-order valence-corrected chi connectivity index (χ0v) is 16.2. The van der Waals surface area contributed by atoms with Crippen LogP contribution in [0.3, 0.4) is 0 Å². The van der Waals surface area contributed by atoms with Gasteiger partial charge in [0.25, 0.3) is 0 Å². The van der Waals surface area contributed by atoms with Gasteiger partial charge in [-0.1, -0.05) is 25.3 Å². The van der Waals surface area contributed by atoms with Gasteiger partial charge in [0.2, 0.25) is 0 Å². The van der Waals surface area contributed by atoms with E-state index in [2.05, 4.69) is 33.7 Å². The number of hydrogen-bond acceptors (Lipinski definition) is 8. The monoisotopic (exact) mass is 399 g/mol. The van der Waals surface area contributed by atoms with Crippen molar-refractivity contribution in [3.05, 3.63) is 23.3 Å². The molecule has 0 saturated carbocycles. The van der Waals surface area contributed by atoms with Crippen molar-refractivity contribution in [1.82, 2.24) is 19.5 Å². The lowest BCUT2D eigenvalue weighted by Crippen LogP contribution is -2.29. The summed E-state index contributed by atoms with van der Waals surface area (Å²) in [4.78, 5) is 14.4. The summed E-state index contributed by atoms with van der Waals surface area (Å²) in [5.41, 5.74) is 6.98. The van der Waals surface area contributed by atoms with Crippen molar-refractivity contribution in [2.75, 3.05) is 12.3 Å². The van der Waals surface area contributed by atoms with Gasteiger partial charge in [0.15, 0.2) is 34.9 Å². The number of nitrogens with zero attached hydrogens (tertiary/aromatic N) is 4. The number of aliphatic hydroxyl groups is 2. The van der Waals surface area contributed by atoms with E-state index in [1.807, 2.05) is 17.5 Å². The van der Waals surface area contributed by atoms with Gasteiger partial charge in [0.05, 0.1) is 11.5 Å². The van der Waals surface area contributed by atoms with E-state index >= 15 is 0 Å². The van der Waals surface area contributed by atoms with Crippen molar-refractivity contribution in [3.8, 4) is 22.5 Å². The quantitative estimate of drug-likeness (QED) is 0.453. The molecule has 0 bridgehead atoms. The van der Waals surface area contributed by atoms with Crippen LogP contribution in [0.2, 0.25) is 0 Å². The van der Waals surface area contributed by atoms with Crippen LogP contribution < -0.4 is 5.73 Å². The third-order valence-corrected chi connectivity index (χ3v) is 5.41. The number of nitrogen functional groups attached to an aromatic ring is 1. The Hall–Kier alpha value is -2.51. The van der Waals surface area contributed by atoms with E-state index in [-0.39, 0.29) is 12.4 Å². The molecule has 3 aromatic rings. The number of fused-ring (bicyclic) bond motifs is 1. The predicted molar refractivity (Wildman–Crippen MR) is 106 cm³/mol. The van der Waals surface area contributed by atoms with Crippen molar-refractivity contribution in [2.24, 2.45) is 0 Å². The van der Waals surface area contributed by atoms with E-state index in [1.54, 1.807) is 4.57 Å². The number of hydrogen-bond donors (Lipinski definition) is 3. The minimum absolute atomic E-state index is 0.0204. The highest BCUT2D eigenvalue weighted by Crippen LogP contribution is 2.32. The van der Waals surface area contributed by atoms with Crippen molar-refractivity contribution >= 4 is 28.3 Å². The Morgan fingerprint density at radius 2 is 2.21 bits per heavy atom. The summed E-state index contributed by atoms with van der Waals surface area (Å²) >= 11 is 1.50. The molecule has 0 aliphatic carbocycles. The van der Waals surface area contributed by atoms with Crippen molar-refractivity contribution < 1.29 is 14.9 Å². The highest BCUT2D eigenvalue weighted by atomic mass is 32.1. The molecule has 3 atom stereocenters. The summed E-state index contributed by atoms with van der Waals surface area (Å²) in [6.45, 7) is 2.12. The normalized spacial score (nSPS) is 21.8. The van der Waals surface area contributed by atoms with Crippen LogP contribution in [0.5, 0.6) is 0 Å². The molecular weight excluding hydrogens is 378 g/mol. The van der Waals surface area contributed by atoms with Gasteiger partial charge in [-0.05, 0) is 23.8 Å². The Morgan fingerprint density at radius 3 is 2.89 bits per heavy atom. The molecule has 0 radical (unpaired) electrons. The standard InChI is InChI=1S/C19H21N5O3S/c1-2-3-4-5-8-13-21-14-16(20)22-17(12-7-6-9-28-12)23-18(14)24(13)19-15(26)11(25)10-27-19/h6-7,9,11,15,19,25-26H,2-4,10H2,1H3,(H2,20,22,23)/t11-,15-,19-/m1/s1. The van der Waals surface area contributed by atoms with Crippen LogP contribution in [0.4, 0.5) is 5.82 Å². The van der Waals surface area contributed by atoms with E-state index in [0.717, 1.165) is 24.1 Å². The van der Waals surface area contributed by atoms with Crippen LogP contribution in [0, 0.1) is 11.8 Å². The zero-order valence-electron chi connectivity index (χ0n) is 15.4. The molecule has 0 unspecified atom stereocenters. The Kier molecular flexibility index (Phi) is 5.28. The summed E-state index contributed by atoms with van der Waals surface area (Å²) in [5, 5.41) is 22.3. The Labute approximate surface area is 166 Å². The fourth-order valence-corrected chi connectivity index (χ4v) is 3.72. The van der Waals surface area contributed by atoms with Gasteiger partial charge in [-0.3, -0.25) is 4.57 Å². The van der Waals surface area contributed by atoms with E-state index in [1.165, 1.54) is 11.3 Å². The topological polar surface area (TPSA) is 119 Å². The molecule has 3 aromatic heterocycles. The highest BCUT2D eigenvalue weighted by molar-refractivity contribution is 7.13. The Bertz CT molecular complexity index is 1040. The van der Waals surface area contributed by atoms with Crippen LogP contribution in [0.25, 0.3) is 21.9 Å². The molecule has 1 fully saturated rings. The van der Waals surface area contributed by atoms with Crippen LogP contribution in [-0.4, -0.2) is 48.5 Å². The van der Waals surface area contributed by atoms with Gasteiger partial charge < -0.3 is 20.7 Å². The number of thiophene rings is 1. The fourth-order valence-electron chi connectivity index (χ4n) is 3.06. The first-order chi connectivity index (χ1) is 13.6. The first-order valence-electron chi connectivity index (χ1n) is 9.16. The minimum Gasteiger partial charge on any atom is -0.388 e. The van der Waals surface area contributed by atoms with Gasteiger partial charge in [-0.2, -0.15) is 0 Å². The van der Waals surface area contributed by atoms with Crippen LogP contribution in [0.1, 0.15) is 38.2 Å². The smallest absolute Gasteiger partial charge is 0.189 e. The maximum absolute atomic E-state index is 10.4. The molecule has 0 amide bonds. The van der Waals surface area contributed by atoms with Gasteiger partial charge in [-0.15, -0.1) is 11.3 Å². The summed E-state index contributed by atoms with van der Waals surface area (Å²) in [5.74, 6) is 7.22. The minimum atomic E-state index is -1.12. The molecule has 1 aliphatic rings. The van der Waals surface area contributed by atoms with Crippen molar-refractivity contribution in [3.63, 3.8) is 0 Å². The maximum atomic E-state index is 10.4. The first-order valence-corrected chi connectivity index (χ1v) is 10.0. The number of aromatic nitrogens is 4. The largest absolute Gasteiger partial charge is 0.388 e. The highest BCUT2D eigenvalue weighted by Gasteiger charge is 2.38. The second-order valence-corrected chi connectivity index (χ2v) is 7.52. The van der Waals surface area contributed by atoms with Gasteiger partial charge in [0, 0.05) is 6.42 Å². The number of anilines is 1. The number of nitrogens with two attached hydrogens (primary N) is 1. The fraction of sp³-hybridized carbons (Fsp3) is 0.421. The number of unbranched alkanes of at least 4 members (excludes halogenated alkanes) is 2. The van der Waals surface area contributed by atoms with Crippen LogP contribution in [0.15, 0.2) is 17.5 Å². The van der Waals surface area contributed by atoms with Crippen LogP contribution >= 0.6 is 11.3 Å². The van der Waals surface area contributed by atoms with Gasteiger partial charge in [0.1, 0.15) is 12.2 Å². The third kappa shape index (κ3) is 3.36. The first kappa shape index (κ1) is 18.8. The molecule has 0 spiro atoms. The molecule has 9 heteroatoms. The lowest BCUT2D eigenvalue weighted by Gasteiger charge is -2.18. The predicted octanol–water partition coefficient (Wildman–Crippen LogP) is 1.93. The zero-order chi connectivity index (χ0) is 19.7. The summed E-state index contributed by atoms with van der Waals surface area (Å²) < 4.78 is 7.24. The Balaban J connectivity index is 1.88. The summed E-state index contributed by atoms with van der Waals surface area (Å²) in [7, 11) is 0. The molecule has 0 aromatic carbocycles. The second kappa shape index (κ2) is 7.85. The lowest BCUT2D eigenvalue weighted by molar-refractivity contribution is -0.0167. The van der Waals surface area contributed by atoms with Gasteiger partial charge >= 0.3 is 0 Å². The maximum Gasteiger partial charge on any atom is 0.189 e. The van der Waals surface area contributed by atoms with Crippen molar-refractivity contribution in [2.45, 2.75) is 44.6 Å². The average molecular weight is 399 g/mol.